The van der Waals surface area contributed by atoms with Crippen LogP contribution in [0.4, 0.5) is 0 Å². The van der Waals surface area contributed by atoms with Gasteiger partial charge < -0.3 is 0 Å². The fraction of sp³-hybridized carbons (Fsp3) is 0. The fourth-order valence-electron chi connectivity index (χ4n) is 5.17. The van der Waals surface area contributed by atoms with Crippen molar-refractivity contribution in [3.63, 3.8) is 0 Å². The number of hydrogen-bond donors (Lipinski definition) is 0. The molecule has 0 aliphatic carbocycles. The van der Waals surface area contributed by atoms with E-state index in [-0.39, 0.29) is 0 Å². The van der Waals surface area contributed by atoms with Crippen molar-refractivity contribution in [2.24, 2.45) is 0 Å². The van der Waals surface area contributed by atoms with E-state index in [0.717, 1.165) is 6.07 Å². The Kier molecular flexibility index (Phi) is 2.43. The third kappa shape index (κ3) is 4.47. The second kappa shape index (κ2) is 10.9. The summed E-state index contributed by atoms with van der Waals surface area (Å²) in [5, 5.41) is -5.01. The molecule has 0 spiro atoms. The van der Waals surface area contributed by atoms with Gasteiger partial charge in [0.05, 0.1) is 39.8 Å². The van der Waals surface area contributed by atoms with Gasteiger partial charge in [-0.15, -0.1) is 0 Å². The van der Waals surface area contributed by atoms with E-state index < -0.39 is 263 Å². The van der Waals surface area contributed by atoms with Gasteiger partial charge in [0.25, 0.3) is 0 Å². The lowest BCUT2D eigenvalue weighted by Crippen LogP contribution is -1.91. The minimum atomic E-state index is -1.04. The highest BCUT2D eigenvalue weighted by Crippen LogP contribution is 2.44. The van der Waals surface area contributed by atoms with Crippen molar-refractivity contribution in [1.82, 2.24) is 0 Å². The van der Waals surface area contributed by atoms with E-state index in [1.54, 1.807) is 0 Å². The van der Waals surface area contributed by atoms with Crippen LogP contribution in [0.3, 0.4) is 0 Å². The van der Waals surface area contributed by atoms with Gasteiger partial charge in [-0.1, -0.05) is 163 Å². The topological polar surface area (TPSA) is 0 Å². The number of fused-ring (bicyclic) bond motifs is 4. The Balaban J connectivity index is 1.48. The van der Waals surface area contributed by atoms with Gasteiger partial charge in [0.1, 0.15) is 0 Å². The smallest absolute Gasteiger partial charge is 0.0622 e. The number of benzene rings is 9. The molecule has 0 heteroatoms. The Morgan fingerprint density at radius 3 is 1.37 bits per heavy atom. The Hall–Kier alpha value is -5.98. The summed E-state index contributed by atoms with van der Waals surface area (Å²) in [6.45, 7) is 0. The Bertz CT molecular complexity index is 4160. The molecular weight excluding hydrogens is 553 g/mol. The molecule has 0 amide bonds. The Morgan fingerprint density at radius 1 is 0.261 bits per heavy atom. The molecule has 0 bridgehead atoms. The van der Waals surface area contributed by atoms with Crippen LogP contribution >= 0.6 is 0 Å². The van der Waals surface area contributed by atoms with Gasteiger partial charge in [-0.2, -0.15) is 0 Å². The highest BCUT2D eigenvalue weighted by Gasteiger charge is 2.17. The lowest BCUT2D eigenvalue weighted by atomic mass is 9.85. The highest BCUT2D eigenvalue weighted by molar-refractivity contribution is 6.21. The first-order valence-corrected chi connectivity index (χ1v) is 13.6. The average Bonchev–Trinajstić information content (AvgIpc) is 3.37. The molecule has 0 aliphatic heterocycles. The van der Waals surface area contributed by atoms with Crippen LogP contribution in [0.5, 0.6) is 0 Å². The maximum atomic E-state index is 9.65. The van der Waals surface area contributed by atoms with Crippen molar-refractivity contribution in [3.8, 4) is 44.5 Å². The zero-order valence-corrected chi connectivity index (χ0v) is 23.1. The van der Waals surface area contributed by atoms with Crippen LogP contribution in [-0.4, -0.2) is 0 Å². The van der Waals surface area contributed by atoms with Crippen molar-refractivity contribution < 1.29 is 39.8 Å². The maximum Gasteiger partial charge on any atom is 0.0636 e. The molecule has 214 valence electrons. The molecule has 0 unspecified atom stereocenters. The normalized spacial score (nSPS) is 20.3. The summed E-state index contributed by atoms with van der Waals surface area (Å²) in [5.41, 5.74) is -5.81. The van der Waals surface area contributed by atoms with Crippen molar-refractivity contribution in [3.05, 3.63) is 181 Å². The van der Waals surface area contributed by atoms with Crippen LogP contribution in [0, 0.1) is 0 Å². The van der Waals surface area contributed by atoms with Gasteiger partial charge in [0, 0.05) is 0 Å². The predicted octanol–water partition coefficient (Wildman–Crippen LogP) is 13.0. The standard InChI is InChI=1S/C46H30/c1-2-10-31(11-3-1)36-24-25-39-30-40(27-26-38(39)29-36)46-43-16-8-6-14-41(43)45(42-15-7-9-17-44(42)46)34-21-18-33(19-22-34)37-23-20-32-12-4-5-13-35(32)28-37/h1-30H/i1D,2D,3D,4D,5D,6D,7D,8D,9D,10D,11D,12D,13D,14D,16D,17D,18D,19D,20D,21D,22D,23D,24D,25D,26D,27D,28D,29D,30D. The average molecular weight is 612 g/mol. The molecule has 0 saturated heterocycles. The largest absolute Gasteiger partial charge is 0.0636 e. The van der Waals surface area contributed by atoms with Crippen molar-refractivity contribution in [1.29, 1.82) is 0 Å². The molecule has 0 radical (unpaired) electrons. The molecule has 0 aliphatic rings. The third-order valence-corrected chi connectivity index (χ3v) is 7.20. The third-order valence-electron chi connectivity index (χ3n) is 7.20. The molecule has 0 atom stereocenters. The molecule has 0 saturated carbocycles. The minimum Gasteiger partial charge on any atom is -0.0622 e. The summed E-state index contributed by atoms with van der Waals surface area (Å²) in [6.07, 6.45) is 0. The zero-order valence-electron chi connectivity index (χ0n) is 52.1. The first-order chi connectivity index (χ1) is 34.9. The molecule has 0 fully saturated rings. The molecule has 9 rings (SSSR count). The quantitative estimate of drug-likeness (QED) is 0.174. The summed E-state index contributed by atoms with van der Waals surface area (Å²) in [6, 6.07) is -25.5. The van der Waals surface area contributed by atoms with Crippen LogP contribution in [0.2, 0.25) is 0 Å². The molecule has 0 N–H and O–H groups in total. The lowest BCUT2D eigenvalue weighted by Gasteiger charge is -2.18. The van der Waals surface area contributed by atoms with Gasteiger partial charge in [0.2, 0.25) is 0 Å². The minimum absolute atomic E-state index is 0.505. The zero-order chi connectivity index (χ0) is 55.7. The van der Waals surface area contributed by atoms with E-state index >= 15 is 0 Å². The van der Waals surface area contributed by atoms with Crippen molar-refractivity contribution >= 4 is 43.1 Å². The lowest BCUT2D eigenvalue weighted by molar-refractivity contribution is 1.63. The molecule has 0 heterocycles. The second-order valence-corrected chi connectivity index (χ2v) is 9.83. The van der Waals surface area contributed by atoms with Crippen molar-refractivity contribution in [2.45, 2.75) is 0 Å². The monoisotopic (exact) mass is 611 g/mol. The van der Waals surface area contributed by atoms with Crippen molar-refractivity contribution in [2.75, 3.05) is 0 Å². The second-order valence-electron chi connectivity index (χ2n) is 9.83. The Morgan fingerprint density at radius 2 is 0.674 bits per heavy atom. The molecule has 0 aromatic heterocycles. The van der Waals surface area contributed by atoms with Crippen LogP contribution in [-0.2, 0) is 0 Å². The highest BCUT2D eigenvalue weighted by atomic mass is 14.2. The molecule has 0 nitrogen and oxygen atoms in total. The SMILES string of the molecule is [2H]c1cc2c(-c3c([2H])c([2H])c(-c4c([2H])c([2H])c5c([2H])c([2H])c([2H])c([2H])c5c4[2H])c([2H])c3[2H])c3c([2H])c([2H])c([2H])c([2H])c3c(-c3c([2H])c([2H])c4c([2H])c(-c5c([2H])c([2H])c([2H])c([2H])c5[2H])c([2H])c([2H])c4c3[2H])c2c([2H])c1[2H]. The van der Waals surface area contributed by atoms with Gasteiger partial charge in [0.15, 0.2) is 0 Å². The summed E-state index contributed by atoms with van der Waals surface area (Å²) < 4.78 is 258. The van der Waals surface area contributed by atoms with Gasteiger partial charge in [-0.3, -0.25) is 0 Å². The fourth-order valence-corrected chi connectivity index (χ4v) is 5.17. The summed E-state index contributed by atoms with van der Waals surface area (Å²) in [7, 11) is 0. The van der Waals surface area contributed by atoms with E-state index in [9.17, 15) is 16.4 Å². The van der Waals surface area contributed by atoms with Crippen LogP contribution < -0.4 is 0 Å². The van der Waals surface area contributed by atoms with E-state index in [1.165, 1.54) is 0 Å². The Labute approximate surface area is 309 Å². The maximum absolute atomic E-state index is 9.65. The van der Waals surface area contributed by atoms with Gasteiger partial charge >= 0.3 is 0 Å². The van der Waals surface area contributed by atoms with E-state index in [2.05, 4.69) is 0 Å². The van der Waals surface area contributed by atoms with Crippen LogP contribution in [0.15, 0.2) is 181 Å². The molecule has 9 aromatic rings. The number of rotatable bonds is 4. The summed E-state index contributed by atoms with van der Waals surface area (Å²) in [4.78, 5) is 0. The number of hydrogen-bond acceptors (Lipinski definition) is 0. The first kappa shape index (κ1) is 10.3. The summed E-state index contributed by atoms with van der Waals surface area (Å²) >= 11 is 0. The summed E-state index contributed by atoms with van der Waals surface area (Å²) in [5.74, 6) is 0. The van der Waals surface area contributed by atoms with E-state index in [0.29, 0.717) is 0 Å². The first-order valence-electron chi connectivity index (χ1n) is 28.1. The molecular formula is C46H30. The predicted molar refractivity (Wildman–Crippen MR) is 198 cm³/mol. The molecule has 9 aromatic carbocycles. The van der Waals surface area contributed by atoms with Gasteiger partial charge in [-0.05, 0) is 106 Å². The van der Waals surface area contributed by atoms with E-state index in [1.807, 2.05) is 0 Å². The van der Waals surface area contributed by atoms with Crippen LogP contribution in [0.25, 0.3) is 87.6 Å². The molecule has 46 heavy (non-hydrogen) atoms. The van der Waals surface area contributed by atoms with Crippen LogP contribution in [0.1, 0.15) is 39.8 Å². The van der Waals surface area contributed by atoms with Gasteiger partial charge in [-0.25, -0.2) is 0 Å². The van der Waals surface area contributed by atoms with E-state index in [4.69, 9.17) is 23.3 Å².